The minimum atomic E-state index is 0. The Kier molecular flexibility index (Phi) is 13.3. The normalized spacial score (nSPS) is 20.4. The first-order valence-electron chi connectivity index (χ1n) is 11.8. The van der Waals surface area contributed by atoms with Gasteiger partial charge in [0, 0.05) is 33.4 Å². The van der Waals surface area contributed by atoms with Gasteiger partial charge in [0.2, 0.25) is 0 Å². The van der Waals surface area contributed by atoms with Crippen molar-refractivity contribution in [3.05, 3.63) is 29.8 Å². The van der Waals surface area contributed by atoms with Gasteiger partial charge < -0.3 is 24.8 Å². The van der Waals surface area contributed by atoms with Crippen LogP contribution in [0.5, 0.6) is 5.75 Å². The zero-order chi connectivity index (χ0) is 21.7. The van der Waals surface area contributed by atoms with E-state index >= 15 is 0 Å². The number of nitrogens with one attached hydrogen (secondary N) is 2. The standard InChI is InChI=1S/C24H40N4O3.HI/c1-25-24(26-13-7-16-30-19-22-8-6-17-31-22)27-18-23(28-14-4-3-5-15-28)20-9-11-21(29-2)12-10-20;/h9-12,22-23H,3-8,13-19H2,1-2H3,(H2,25,26,27);1H. The predicted molar refractivity (Wildman–Crippen MR) is 140 cm³/mol. The number of nitrogens with zero attached hydrogens (tertiary/aromatic N) is 2. The Balaban J connectivity index is 0.00000363. The van der Waals surface area contributed by atoms with E-state index in [-0.39, 0.29) is 24.0 Å². The van der Waals surface area contributed by atoms with Crippen molar-refractivity contribution in [2.75, 3.05) is 60.2 Å². The molecule has 1 aromatic rings. The molecule has 0 bridgehead atoms. The number of halogens is 1. The van der Waals surface area contributed by atoms with Gasteiger partial charge in [-0.25, -0.2) is 0 Å². The summed E-state index contributed by atoms with van der Waals surface area (Å²) in [6.07, 6.45) is 7.40. The number of hydrogen-bond acceptors (Lipinski definition) is 5. The summed E-state index contributed by atoms with van der Waals surface area (Å²) in [5.41, 5.74) is 1.31. The summed E-state index contributed by atoms with van der Waals surface area (Å²) >= 11 is 0. The topological polar surface area (TPSA) is 67.4 Å². The van der Waals surface area contributed by atoms with Crippen LogP contribution < -0.4 is 15.4 Å². The van der Waals surface area contributed by atoms with E-state index in [4.69, 9.17) is 14.2 Å². The summed E-state index contributed by atoms with van der Waals surface area (Å²) in [5.74, 6) is 1.74. The van der Waals surface area contributed by atoms with E-state index in [1.807, 2.05) is 7.05 Å². The smallest absolute Gasteiger partial charge is 0.191 e. The summed E-state index contributed by atoms with van der Waals surface area (Å²) < 4.78 is 16.7. The molecule has 2 aliphatic heterocycles. The van der Waals surface area contributed by atoms with Crippen LogP contribution in [0.4, 0.5) is 0 Å². The van der Waals surface area contributed by atoms with Crippen LogP contribution in [0, 0.1) is 0 Å². The summed E-state index contributed by atoms with van der Waals surface area (Å²) in [4.78, 5) is 6.99. The van der Waals surface area contributed by atoms with Gasteiger partial charge in [-0.15, -0.1) is 24.0 Å². The van der Waals surface area contributed by atoms with E-state index in [2.05, 4.69) is 44.8 Å². The van der Waals surface area contributed by atoms with E-state index in [1.165, 1.54) is 24.8 Å². The van der Waals surface area contributed by atoms with Crippen molar-refractivity contribution in [2.45, 2.75) is 50.7 Å². The molecule has 2 aliphatic rings. The van der Waals surface area contributed by atoms with Crippen molar-refractivity contribution in [2.24, 2.45) is 4.99 Å². The average Bonchev–Trinajstić information content (AvgIpc) is 3.34. The summed E-state index contributed by atoms with van der Waals surface area (Å²) in [5, 5.41) is 6.95. The molecular weight excluding hydrogens is 519 g/mol. The minimum Gasteiger partial charge on any atom is -0.497 e. The predicted octanol–water partition coefficient (Wildman–Crippen LogP) is 3.59. The number of methoxy groups -OCH3 is 1. The van der Waals surface area contributed by atoms with Gasteiger partial charge in [-0.2, -0.15) is 0 Å². The first kappa shape index (κ1) is 27.1. The maximum absolute atomic E-state index is 5.75. The zero-order valence-electron chi connectivity index (χ0n) is 19.7. The number of piperidine rings is 1. The van der Waals surface area contributed by atoms with Crippen molar-refractivity contribution in [1.29, 1.82) is 0 Å². The van der Waals surface area contributed by atoms with Crippen LogP contribution in [0.2, 0.25) is 0 Å². The Morgan fingerprint density at radius 3 is 2.59 bits per heavy atom. The van der Waals surface area contributed by atoms with Crippen LogP contribution in [0.3, 0.4) is 0 Å². The van der Waals surface area contributed by atoms with Crippen molar-refractivity contribution < 1.29 is 14.2 Å². The van der Waals surface area contributed by atoms with E-state index in [0.717, 1.165) is 70.4 Å². The van der Waals surface area contributed by atoms with Crippen LogP contribution in [0.1, 0.15) is 50.1 Å². The molecule has 8 heteroatoms. The molecule has 0 aromatic heterocycles. The molecule has 182 valence electrons. The van der Waals surface area contributed by atoms with Crippen LogP contribution >= 0.6 is 24.0 Å². The van der Waals surface area contributed by atoms with Crippen LogP contribution in [-0.4, -0.2) is 77.1 Å². The van der Waals surface area contributed by atoms with Gasteiger partial charge in [0.15, 0.2) is 5.96 Å². The summed E-state index contributed by atoms with van der Waals surface area (Å²) in [7, 11) is 3.54. The number of hydrogen-bond donors (Lipinski definition) is 2. The average molecular weight is 561 g/mol. The lowest BCUT2D eigenvalue weighted by molar-refractivity contribution is 0.0168. The molecule has 32 heavy (non-hydrogen) atoms. The number of rotatable bonds is 11. The molecule has 7 nitrogen and oxygen atoms in total. The van der Waals surface area contributed by atoms with Gasteiger partial charge in [-0.05, 0) is 62.9 Å². The lowest BCUT2D eigenvalue weighted by Crippen LogP contribution is -2.44. The monoisotopic (exact) mass is 560 g/mol. The second-order valence-electron chi connectivity index (χ2n) is 8.33. The SMILES string of the molecule is CN=C(NCCCOCC1CCCO1)NCC(c1ccc(OC)cc1)N1CCCCC1.I. The molecule has 2 N–H and O–H groups in total. The Labute approximate surface area is 210 Å². The molecule has 2 fully saturated rings. The highest BCUT2D eigenvalue weighted by Gasteiger charge is 2.22. The van der Waals surface area contributed by atoms with Gasteiger partial charge in [-0.3, -0.25) is 9.89 Å². The highest BCUT2D eigenvalue weighted by atomic mass is 127. The van der Waals surface area contributed by atoms with E-state index in [9.17, 15) is 0 Å². The van der Waals surface area contributed by atoms with Gasteiger partial charge >= 0.3 is 0 Å². The molecule has 0 radical (unpaired) electrons. The lowest BCUT2D eigenvalue weighted by atomic mass is 10.0. The first-order chi connectivity index (χ1) is 15.3. The van der Waals surface area contributed by atoms with Crippen molar-refractivity contribution >= 4 is 29.9 Å². The quantitative estimate of drug-likeness (QED) is 0.187. The van der Waals surface area contributed by atoms with Gasteiger partial charge in [0.1, 0.15) is 5.75 Å². The van der Waals surface area contributed by atoms with Crippen LogP contribution in [0.15, 0.2) is 29.3 Å². The second-order valence-corrected chi connectivity index (χ2v) is 8.33. The molecule has 2 unspecified atom stereocenters. The Bertz CT molecular complexity index is 647. The van der Waals surface area contributed by atoms with E-state index in [0.29, 0.717) is 18.8 Å². The molecule has 2 atom stereocenters. The van der Waals surface area contributed by atoms with Crippen LogP contribution in [-0.2, 0) is 9.47 Å². The molecule has 1 aromatic carbocycles. The Morgan fingerprint density at radius 1 is 1.16 bits per heavy atom. The third-order valence-electron chi connectivity index (χ3n) is 6.10. The van der Waals surface area contributed by atoms with Crippen molar-refractivity contribution in [3.63, 3.8) is 0 Å². The molecule has 0 amide bonds. The largest absolute Gasteiger partial charge is 0.497 e. The molecular formula is C24H41IN4O3. The zero-order valence-corrected chi connectivity index (χ0v) is 22.0. The third-order valence-corrected chi connectivity index (χ3v) is 6.10. The number of ether oxygens (including phenoxy) is 3. The molecule has 2 saturated heterocycles. The van der Waals surface area contributed by atoms with Gasteiger partial charge in [0.25, 0.3) is 0 Å². The number of aliphatic imine (C=N–C) groups is 1. The molecule has 0 spiro atoms. The fourth-order valence-electron chi connectivity index (χ4n) is 4.30. The van der Waals surface area contributed by atoms with Crippen molar-refractivity contribution in [3.8, 4) is 5.75 Å². The van der Waals surface area contributed by atoms with E-state index in [1.54, 1.807) is 7.11 Å². The minimum absolute atomic E-state index is 0. The second kappa shape index (κ2) is 15.7. The van der Waals surface area contributed by atoms with Gasteiger partial charge in [0.05, 0.1) is 25.9 Å². The molecule has 3 rings (SSSR count). The number of likely N-dealkylation sites (tertiary alicyclic amines) is 1. The third kappa shape index (κ3) is 9.03. The highest BCUT2D eigenvalue weighted by Crippen LogP contribution is 2.25. The maximum atomic E-state index is 5.75. The molecule has 2 heterocycles. The first-order valence-corrected chi connectivity index (χ1v) is 11.8. The van der Waals surface area contributed by atoms with Crippen molar-refractivity contribution in [1.82, 2.24) is 15.5 Å². The summed E-state index contributed by atoms with van der Waals surface area (Å²) in [6, 6.07) is 8.79. The number of benzene rings is 1. The van der Waals surface area contributed by atoms with Gasteiger partial charge in [-0.1, -0.05) is 18.6 Å². The highest BCUT2D eigenvalue weighted by molar-refractivity contribution is 14.0. The Hall–Kier alpha value is -1.10. The lowest BCUT2D eigenvalue weighted by Gasteiger charge is -2.35. The fraction of sp³-hybridized carbons (Fsp3) is 0.708. The fourth-order valence-corrected chi connectivity index (χ4v) is 4.30. The van der Waals surface area contributed by atoms with Crippen LogP contribution in [0.25, 0.3) is 0 Å². The van der Waals surface area contributed by atoms with E-state index < -0.39 is 0 Å². The molecule has 0 aliphatic carbocycles. The number of guanidine groups is 1. The Morgan fingerprint density at radius 2 is 1.94 bits per heavy atom. The summed E-state index contributed by atoms with van der Waals surface area (Å²) in [6.45, 7) is 6.29. The maximum Gasteiger partial charge on any atom is 0.191 e. The molecule has 0 saturated carbocycles.